The van der Waals surface area contributed by atoms with Crippen LogP contribution in [0.5, 0.6) is 0 Å². The highest BCUT2D eigenvalue weighted by atomic mass is 16.4. The quantitative estimate of drug-likeness (QED) is 0.318. The molecule has 13 heavy (non-hydrogen) atoms. The van der Waals surface area contributed by atoms with Crippen molar-refractivity contribution >= 4 is 5.78 Å². The molecule has 0 saturated heterocycles. The van der Waals surface area contributed by atoms with Gasteiger partial charge in [-0.1, -0.05) is 0 Å². The van der Waals surface area contributed by atoms with E-state index >= 15 is 0 Å². The SMILES string of the molecule is CC(=O)[C@@H](O)[C@H](O)[C@H](O)[C@H](O)CO. The van der Waals surface area contributed by atoms with Crippen LogP contribution in [0.25, 0.3) is 0 Å². The summed E-state index contributed by atoms with van der Waals surface area (Å²) in [6.45, 7) is 0.273. The summed E-state index contributed by atoms with van der Waals surface area (Å²) < 4.78 is 0. The molecule has 0 heterocycles. The summed E-state index contributed by atoms with van der Waals surface area (Å²) in [5.41, 5.74) is 0. The van der Waals surface area contributed by atoms with Crippen molar-refractivity contribution in [1.82, 2.24) is 0 Å². The average Bonchev–Trinajstić information content (AvgIpc) is 2.12. The third kappa shape index (κ3) is 3.37. The van der Waals surface area contributed by atoms with Crippen LogP contribution in [-0.2, 0) is 4.79 Å². The lowest BCUT2D eigenvalue weighted by molar-refractivity contribution is -0.145. The van der Waals surface area contributed by atoms with Gasteiger partial charge in [0.1, 0.15) is 24.4 Å². The fourth-order valence-electron chi connectivity index (χ4n) is 0.763. The van der Waals surface area contributed by atoms with Gasteiger partial charge in [-0.05, 0) is 6.92 Å². The number of aliphatic hydroxyl groups is 5. The van der Waals surface area contributed by atoms with E-state index in [1.807, 2.05) is 0 Å². The van der Waals surface area contributed by atoms with Crippen molar-refractivity contribution in [2.45, 2.75) is 31.3 Å². The van der Waals surface area contributed by atoms with Crippen LogP contribution in [0, 0.1) is 0 Å². The first-order valence-corrected chi connectivity index (χ1v) is 3.75. The summed E-state index contributed by atoms with van der Waals surface area (Å²) in [4.78, 5) is 10.5. The Balaban J connectivity index is 4.24. The molecule has 0 spiro atoms. The molecule has 0 unspecified atom stereocenters. The van der Waals surface area contributed by atoms with Crippen LogP contribution in [0.2, 0.25) is 0 Å². The van der Waals surface area contributed by atoms with Gasteiger partial charge >= 0.3 is 0 Å². The fourth-order valence-corrected chi connectivity index (χ4v) is 0.763. The van der Waals surface area contributed by atoms with E-state index in [9.17, 15) is 4.79 Å². The van der Waals surface area contributed by atoms with Gasteiger partial charge in [0.2, 0.25) is 0 Å². The van der Waals surface area contributed by atoms with Gasteiger partial charge in [-0.2, -0.15) is 0 Å². The van der Waals surface area contributed by atoms with Crippen molar-refractivity contribution in [3.05, 3.63) is 0 Å². The van der Waals surface area contributed by atoms with Crippen molar-refractivity contribution in [2.24, 2.45) is 0 Å². The van der Waals surface area contributed by atoms with Gasteiger partial charge < -0.3 is 25.5 Å². The highest BCUT2D eigenvalue weighted by Gasteiger charge is 2.32. The molecule has 0 aromatic rings. The Labute approximate surface area is 75.1 Å². The number of hydrogen-bond donors (Lipinski definition) is 5. The lowest BCUT2D eigenvalue weighted by Crippen LogP contribution is -2.48. The molecule has 0 aromatic carbocycles. The average molecular weight is 194 g/mol. The molecule has 6 heteroatoms. The summed E-state index contributed by atoms with van der Waals surface area (Å²) >= 11 is 0. The van der Waals surface area contributed by atoms with Gasteiger partial charge in [-0.3, -0.25) is 4.79 Å². The minimum atomic E-state index is -1.79. The van der Waals surface area contributed by atoms with Crippen LogP contribution < -0.4 is 0 Å². The van der Waals surface area contributed by atoms with Crippen LogP contribution in [-0.4, -0.2) is 62.3 Å². The zero-order chi connectivity index (χ0) is 10.6. The van der Waals surface area contributed by atoms with Crippen LogP contribution in [0.15, 0.2) is 0 Å². The summed E-state index contributed by atoms with van der Waals surface area (Å²) in [6, 6.07) is 0. The van der Waals surface area contributed by atoms with E-state index in [0.29, 0.717) is 0 Å². The molecule has 5 N–H and O–H groups in total. The Morgan fingerprint density at radius 1 is 1.15 bits per heavy atom. The zero-order valence-corrected chi connectivity index (χ0v) is 7.16. The molecular weight excluding hydrogens is 180 g/mol. The van der Waals surface area contributed by atoms with Gasteiger partial charge in [0, 0.05) is 0 Å². The number of carbonyl (C=O) groups excluding carboxylic acids is 1. The van der Waals surface area contributed by atoms with Gasteiger partial charge in [0.15, 0.2) is 5.78 Å². The number of carbonyl (C=O) groups is 1. The zero-order valence-electron chi connectivity index (χ0n) is 7.16. The summed E-state index contributed by atoms with van der Waals surface area (Å²) in [7, 11) is 0. The van der Waals surface area contributed by atoms with Gasteiger partial charge in [-0.15, -0.1) is 0 Å². The molecule has 6 nitrogen and oxygen atoms in total. The summed E-state index contributed by atoms with van der Waals surface area (Å²) in [5.74, 6) is -0.725. The van der Waals surface area contributed by atoms with Crippen molar-refractivity contribution in [3.63, 3.8) is 0 Å². The third-order valence-electron chi connectivity index (χ3n) is 1.67. The molecule has 4 atom stereocenters. The predicted octanol–water partition coefficient (Wildman–Crippen LogP) is -2.99. The summed E-state index contributed by atoms with van der Waals surface area (Å²) in [6.07, 6.45) is -6.87. The Bertz CT molecular complexity index is 170. The lowest BCUT2D eigenvalue weighted by atomic mass is 10.0. The first-order chi connectivity index (χ1) is 5.91. The van der Waals surface area contributed by atoms with Crippen molar-refractivity contribution in [1.29, 1.82) is 0 Å². The minimum Gasteiger partial charge on any atom is -0.394 e. The van der Waals surface area contributed by atoms with Crippen LogP contribution in [0.1, 0.15) is 6.92 Å². The Kier molecular flexibility index (Phi) is 5.04. The van der Waals surface area contributed by atoms with Crippen LogP contribution in [0.4, 0.5) is 0 Å². The highest BCUT2D eigenvalue weighted by Crippen LogP contribution is 2.05. The molecule has 0 saturated carbocycles. The maximum Gasteiger partial charge on any atom is 0.160 e. The van der Waals surface area contributed by atoms with Gasteiger partial charge in [0.05, 0.1) is 6.61 Å². The van der Waals surface area contributed by atoms with E-state index in [1.54, 1.807) is 0 Å². The number of Topliss-reactive ketones (excluding diaryl/α,β-unsaturated/α-hetero) is 1. The van der Waals surface area contributed by atoms with E-state index < -0.39 is 36.8 Å². The molecule has 0 aliphatic carbocycles. The molecule has 0 fully saturated rings. The standard InChI is InChI=1S/C7H14O6/c1-3(9)5(11)7(13)6(12)4(10)2-8/h4-8,10-13H,2H2,1H3/t4-,5-,6-,7+/m1/s1. The molecule has 0 aliphatic heterocycles. The number of aliphatic hydroxyl groups excluding tert-OH is 5. The molecule has 78 valence electrons. The Morgan fingerprint density at radius 3 is 1.92 bits per heavy atom. The maximum atomic E-state index is 10.5. The highest BCUT2D eigenvalue weighted by molar-refractivity contribution is 5.80. The van der Waals surface area contributed by atoms with E-state index in [4.69, 9.17) is 25.5 Å². The van der Waals surface area contributed by atoms with E-state index in [-0.39, 0.29) is 0 Å². The number of rotatable bonds is 5. The number of ketones is 1. The molecule has 0 amide bonds. The first kappa shape index (κ1) is 12.5. The maximum absolute atomic E-state index is 10.5. The van der Waals surface area contributed by atoms with Crippen LogP contribution in [0.3, 0.4) is 0 Å². The molecule has 0 rings (SSSR count). The monoisotopic (exact) mass is 194 g/mol. The second-order valence-corrected chi connectivity index (χ2v) is 2.79. The molecule has 0 aliphatic rings. The van der Waals surface area contributed by atoms with Crippen molar-refractivity contribution in [2.75, 3.05) is 6.61 Å². The third-order valence-corrected chi connectivity index (χ3v) is 1.67. The van der Waals surface area contributed by atoms with E-state index in [2.05, 4.69) is 0 Å². The molecule has 0 radical (unpaired) electrons. The molecular formula is C7H14O6. The van der Waals surface area contributed by atoms with Crippen molar-refractivity contribution < 1.29 is 30.3 Å². The Morgan fingerprint density at radius 2 is 1.62 bits per heavy atom. The Hall–Kier alpha value is -0.530. The van der Waals surface area contributed by atoms with E-state index in [0.717, 1.165) is 6.92 Å². The topological polar surface area (TPSA) is 118 Å². The largest absolute Gasteiger partial charge is 0.394 e. The second-order valence-electron chi connectivity index (χ2n) is 2.79. The molecule has 0 bridgehead atoms. The normalized spacial score (nSPS) is 20.5. The minimum absolute atomic E-state index is 0.725. The second kappa shape index (κ2) is 5.25. The van der Waals surface area contributed by atoms with Crippen molar-refractivity contribution in [3.8, 4) is 0 Å². The predicted molar refractivity (Wildman–Crippen MR) is 41.8 cm³/mol. The van der Waals surface area contributed by atoms with Gasteiger partial charge in [0.25, 0.3) is 0 Å². The summed E-state index contributed by atoms with van der Waals surface area (Å²) in [5, 5.41) is 44.3. The lowest BCUT2D eigenvalue weighted by Gasteiger charge is -2.23. The van der Waals surface area contributed by atoms with E-state index in [1.165, 1.54) is 0 Å². The first-order valence-electron chi connectivity index (χ1n) is 3.75. The van der Waals surface area contributed by atoms with Crippen LogP contribution >= 0.6 is 0 Å². The molecule has 0 aromatic heterocycles. The van der Waals surface area contributed by atoms with Gasteiger partial charge in [-0.25, -0.2) is 0 Å². The smallest absolute Gasteiger partial charge is 0.160 e. The fraction of sp³-hybridized carbons (Fsp3) is 0.857. The number of hydrogen-bond acceptors (Lipinski definition) is 6.